The van der Waals surface area contributed by atoms with Gasteiger partial charge in [-0.15, -0.1) is 0 Å². The highest BCUT2D eigenvalue weighted by molar-refractivity contribution is 7.47. The summed E-state index contributed by atoms with van der Waals surface area (Å²) in [6, 6.07) is 0. The van der Waals surface area contributed by atoms with Gasteiger partial charge in [-0.25, -0.2) is 4.57 Å². The molecule has 1 N–H and O–H groups in total. The van der Waals surface area contributed by atoms with E-state index in [9.17, 15) is 19.0 Å². The number of unbranched alkanes of at least 4 members (excludes halogenated alkanes) is 16. The van der Waals surface area contributed by atoms with E-state index in [0.717, 1.165) is 38.5 Å². The molecule has 0 aromatic rings. The van der Waals surface area contributed by atoms with Gasteiger partial charge in [0.2, 0.25) is 0 Å². The van der Waals surface area contributed by atoms with Gasteiger partial charge in [0.15, 0.2) is 6.10 Å². The lowest BCUT2D eigenvalue weighted by atomic mass is 10.0. The third-order valence-corrected chi connectivity index (χ3v) is 9.62. The first-order valence-electron chi connectivity index (χ1n) is 20.9. The zero-order valence-electron chi connectivity index (χ0n) is 34.2. The molecule has 0 saturated heterocycles. The summed E-state index contributed by atoms with van der Waals surface area (Å²) < 4.78 is 33.3. The molecule has 0 heterocycles. The fourth-order valence-corrected chi connectivity index (χ4v) is 6.13. The number of phosphoric ester groups is 1. The highest BCUT2D eigenvalue weighted by Gasteiger charge is 2.26. The highest BCUT2D eigenvalue weighted by atomic mass is 31.2. The van der Waals surface area contributed by atoms with Crippen LogP contribution in [0, 0.1) is 0 Å². The third-order valence-electron chi connectivity index (χ3n) is 8.64. The minimum Gasteiger partial charge on any atom is -0.462 e. The van der Waals surface area contributed by atoms with Crippen molar-refractivity contribution in [3.8, 4) is 0 Å². The van der Waals surface area contributed by atoms with E-state index in [0.29, 0.717) is 19.4 Å². The normalized spacial score (nSPS) is 13.9. The van der Waals surface area contributed by atoms with Crippen molar-refractivity contribution in [3.63, 3.8) is 0 Å². The molecule has 0 amide bonds. The van der Waals surface area contributed by atoms with Gasteiger partial charge >= 0.3 is 19.8 Å². The molecule has 0 aromatic carbocycles. The minimum atomic E-state index is -4.37. The second kappa shape index (κ2) is 38.3. The lowest BCUT2D eigenvalue weighted by Crippen LogP contribution is -2.29. The van der Waals surface area contributed by atoms with E-state index in [2.05, 4.69) is 56.4 Å². The van der Waals surface area contributed by atoms with E-state index in [1.165, 1.54) is 89.9 Å². The Labute approximate surface area is 324 Å². The van der Waals surface area contributed by atoms with Crippen molar-refractivity contribution >= 4 is 19.8 Å². The van der Waals surface area contributed by atoms with Gasteiger partial charge in [-0.05, 0) is 65.5 Å². The summed E-state index contributed by atoms with van der Waals surface area (Å²) in [6.07, 6.45) is 41.6. The molecule has 10 heteroatoms. The molecule has 0 aliphatic carbocycles. The topological polar surface area (TPSA) is 112 Å². The van der Waals surface area contributed by atoms with Crippen molar-refractivity contribution in [2.75, 3.05) is 40.5 Å². The molecule has 0 fully saturated rings. The summed E-state index contributed by atoms with van der Waals surface area (Å²) in [5.41, 5.74) is 0. The summed E-state index contributed by atoms with van der Waals surface area (Å²) in [4.78, 5) is 36.9. The maximum atomic E-state index is 12.6. The molecule has 0 bridgehead atoms. The SMILES string of the molecule is CCCCC/C=C\C/C=C\C/C=C\C/C=C\CCCC(=O)OC(COC(=O)CCCCCCCCCCCCCCC)COP(=O)(O)OCCN(C)C. The smallest absolute Gasteiger partial charge is 0.462 e. The van der Waals surface area contributed by atoms with Crippen LogP contribution in [-0.2, 0) is 32.7 Å². The van der Waals surface area contributed by atoms with E-state index in [-0.39, 0.29) is 32.0 Å². The molecule has 2 atom stereocenters. The van der Waals surface area contributed by atoms with Crippen molar-refractivity contribution in [2.45, 2.75) is 174 Å². The molecule has 0 saturated carbocycles. The molecule has 9 nitrogen and oxygen atoms in total. The first-order chi connectivity index (χ1) is 25.7. The lowest BCUT2D eigenvalue weighted by Gasteiger charge is -2.20. The van der Waals surface area contributed by atoms with E-state index in [4.69, 9.17) is 18.5 Å². The van der Waals surface area contributed by atoms with Crippen molar-refractivity contribution in [2.24, 2.45) is 0 Å². The number of phosphoric acid groups is 1. The molecule has 0 aromatic heterocycles. The van der Waals surface area contributed by atoms with Crippen LogP contribution >= 0.6 is 7.82 Å². The van der Waals surface area contributed by atoms with Crippen LogP contribution < -0.4 is 0 Å². The quantitative estimate of drug-likeness (QED) is 0.0284. The molecule has 0 aliphatic rings. The molecule has 0 rings (SSSR count). The van der Waals surface area contributed by atoms with Crippen LogP contribution in [0.1, 0.15) is 168 Å². The van der Waals surface area contributed by atoms with Crippen LogP contribution in [0.25, 0.3) is 0 Å². The van der Waals surface area contributed by atoms with Crippen molar-refractivity contribution in [3.05, 3.63) is 48.6 Å². The van der Waals surface area contributed by atoms with E-state index in [1.54, 1.807) is 0 Å². The molecule has 2 unspecified atom stereocenters. The molecule has 0 spiro atoms. The number of nitrogens with zero attached hydrogens (tertiary/aromatic N) is 1. The summed E-state index contributed by atoms with van der Waals surface area (Å²) in [7, 11) is -0.739. The maximum absolute atomic E-state index is 12.6. The summed E-state index contributed by atoms with van der Waals surface area (Å²) in [5.74, 6) is -0.868. The van der Waals surface area contributed by atoms with E-state index < -0.39 is 26.5 Å². The Morgan fingerprint density at radius 2 is 1.04 bits per heavy atom. The fourth-order valence-electron chi connectivity index (χ4n) is 5.38. The van der Waals surface area contributed by atoms with Gasteiger partial charge in [-0.2, -0.15) is 0 Å². The van der Waals surface area contributed by atoms with E-state index >= 15 is 0 Å². The van der Waals surface area contributed by atoms with Gasteiger partial charge in [0.05, 0.1) is 13.2 Å². The summed E-state index contributed by atoms with van der Waals surface area (Å²) >= 11 is 0. The number of ether oxygens (including phenoxy) is 2. The second-order valence-electron chi connectivity index (χ2n) is 14.2. The maximum Gasteiger partial charge on any atom is 0.472 e. The Hall–Kier alpha value is -2.03. The standard InChI is InChI=1S/C43H78NO8P/c1-5-7-9-11-13-15-17-19-20-21-22-24-26-28-30-32-34-36-43(46)52-41(40-51-53(47,48)50-38-37-44(3)4)39-49-42(45)35-33-31-29-27-25-23-18-16-14-12-10-8-6-2/h13,15,19-20,22,24,28,30,41H,5-12,14,16-18,21,23,25-27,29,31-40H2,1-4H3,(H,47,48)/b15-13-,20-19-,24-22-,30-28-. The zero-order chi connectivity index (χ0) is 39.1. The van der Waals surface area contributed by atoms with Gasteiger partial charge in [0, 0.05) is 19.4 Å². The number of hydrogen-bond acceptors (Lipinski definition) is 8. The average Bonchev–Trinajstić information content (AvgIpc) is 3.12. The molecule has 0 radical (unpaired) electrons. The van der Waals surface area contributed by atoms with E-state index in [1.807, 2.05) is 25.1 Å². The minimum absolute atomic E-state index is 0.00315. The van der Waals surface area contributed by atoms with Crippen LogP contribution in [0.4, 0.5) is 0 Å². The van der Waals surface area contributed by atoms with Crippen LogP contribution in [0.3, 0.4) is 0 Å². The largest absolute Gasteiger partial charge is 0.472 e. The molecule has 308 valence electrons. The van der Waals surface area contributed by atoms with Crippen molar-refractivity contribution < 1.29 is 37.6 Å². The second-order valence-corrected chi connectivity index (χ2v) is 15.6. The van der Waals surface area contributed by atoms with Gasteiger partial charge in [0.1, 0.15) is 6.61 Å². The number of rotatable bonds is 38. The molecular formula is C43H78NO8P. The van der Waals surface area contributed by atoms with Gasteiger partial charge < -0.3 is 19.3 Å². The Balaban J connectivity index is 4.42. The van der Waals surface area contributed by atoms with Crippen molar-refractivity contribution in [1.29, 1.82) is 0 Å². The number of likely N-dealkylation sites (N-methyl/N-ethyl adjacent to an activating group) is 1. The van der Waals surface area contributed by atoms with Crippen molar-refractivity contribution in [1.82, 2.24) is 4.90 Å². The Bertz CT molecular complexity index is 1030. The number of carbonyl (C=O) groups is 2. The monoisotopic (exact) mass is 768 g/mol. The molecule has 0 aliphatic heterocycles. The summed E-state index contributed by atoms with van der Waals surface area (Å²) in [6.45, 7) is 4.22. The average molecular weight is 768 g/mol. The van der Waals surface area contributed by atoms with Gasteiger partial charge in [-0.3, -0.25) is 18.6 Å². The predicted molar refractivity (Wildman–Crippen MR) is 220 cm³/mol. The zero-order valence-corrected chi connectivity index (χ0v) is 35.1. The first kappa shape index (κ1) is 51.0. The number of allylic oxidation sites excluding steroid dienone is 8. The van der Waals surface area contributed by atoms with Crippen LogP contribution in [0.5, 0.6) is 0 Å². The van der Waals surface area contributed by atoms with Gasteiger partial charge in [-0.1, -0.05) is 152 Å². The molecular weight excluding hydrogens is 689 g/mol. The highest BCUT2D eigenvalue weighted by Crippen LogP contribution is 2.43. The lowest BCUT2D eigenvalue weighted by molar-refractivity contribution is -0.161. The Morgan fingerprint density at radius 1 is 0.585 bits per heavy atom. The summed E-state index contributed by atoms with van der Waals surface area (Å²) in [5, 5.41) is 0. The van der Waals surface area contributed by atoms with Crippen LogP contribution in [-0.4, -0.2) is 68.3 Å². The fraction of sp³-hybridized carbons (Fsp3) is 0.767. The number of carbonyl (C=O) groups excluding carboxylic acids is 2. The number of esters is 2. The Morgan fingerprint density at radius 3 is 1.57 bits per heavy atom. The molecule has 53 heavy (non-hydrogen) atoms. The Kier molecular flexibility index (Phi) is 36.8. The first-order valence-corrected chi connectivity index (χ1v) is 22.4. The third kappa shape index (κ3) is 39.5. The van der Waals surface area contributed by atoms with Crippen LogP contribution in [0.2, 0.25) is 0 Å². The van der Waals surface area contributed by atoms with Gasteiger partial charge in [0.25, 0.3) is 0 Å². The van der Waals surface area contributed by atoms with Crippen LogP contribution in [0.15, 0.2) is 48.6 Å². The predicted octanol–water partition coefficient (Wildman–Crippen LogP) is 11.8. The number of hydrogen-bond donors (Lipinski definition) is 1.